The van der Waals surface area contributed by atoms with E-state index in [9.17, 15) is 4.79 Å². The predicted octanol–water partition coefficient (Wildman–Crippen LogP) is 2.78. The predicted molar refractivity (Wildman–Crippen MR) is 86.2 cm³/mol. The molecule has 1 N–H and O–H groups in total. The van der Waals surface area contributed by atoms with Crippen LogP contribution in [0.1, 0.15) is 10.4 Å². The molecule has 1 aliphatic rings. The van der Waals surface area contributed by atoms with E-state index in [1.54, 1.807) is 18.2 Å². The van der Waals surface area contributed by atoms with Crippen molar-refractivity contribution in [2.75, 3.05) is 37.5 Å². The highest BCUT2D eigenvalue weighted by atomic mass is 16.6. The Kier molecular flexibility index (Phi) is 3.87. The number of para-hydroxylation sites is 1. The summed E-state index contributed by atoms with van der Waals surface area (Å²) < 4.78 is 11.1. The number of rotatable bonds is 3. The third kappa shape index (κ3) is 2.83. The SMILES string of the molecule is CN(C)c1ccc(NC(=O)c2cccc3c2OCCO3)cc1. The summed E-state index contributed by atoms with van der Waals surface area (Å²) in [7, 11) is 3.95. The van der Waals surface area contributed by atoms with E-state index in [-0.39, 0.29) is 5.91 Å². The lowest BCUT2D eigenvalue weighted by Gasteiger charge is -2.20. The van der Waals surface area contributed by atoms with Crippen molar-refractivity contribution in [2.24, 2.45) is 0 Å². The largest absolute Gasteiger partial charge is 0.486 e. The number of carbonyl (C=O) groups excluding carboxylic acids is 1. The zero-order chi connectivity index (χ0) is 15.5. The van der Waals surface area contributed by atoms with Crippen LogP contribution < -0.4 is 19.7 Å². The van der Waals surface area contributed by atoms with Crippen molar-refractivity contribution in [3.8, 4) is 11.5 Å². The van der Waals surface area contributed by atoms with E-state index in [2.05, 4.69) is 5.32 Å². The van der Waals surface area contributed by atoms with Gasteiger partial charge >= 0.3 is 0 Å². The van der Waals surface area contributed by atoms with Crippen molar-refractivity contribution in [2.45, 2.75) is 0 Å². The third-order valence-electron chi connectivity index (χ3n) is 3.45. The summed E-state index contributed by atoms with van der Waals surface area (Å²) in [6.45, 7) is 0.957. The second kappa shape index (κ2) is 5.97. The summed E-state index contributed by atoms with van der Waals surface area (Å²) in [5, 5.41) is 2.88. The van der Waals surface area contributed by atoms with E-state index < -0.39 is 0 Å². The van der Waals surface area contributed by atoms with Crippen molar-refractivity contribution in [1.29, 1.82) is 0 Å². The van der Waals surface area contributed by atoms with Crippen molar-refractivity contribution in [3.05, 3.63) is 48.0 Å². The molecular weight excluding hydrogens is 280 g/mol. The number of hydrogen-bond donors (Lipinski definition) is 1. The van der Waals surface area contributed by atoms with Crippen LogP contribution in [0.3, 0.4) is 0 Å². The number of hydrogen-bond acceptors (Lipinski definition) is 4. The van der Waals surface area contributed by atoms with Gasteiger partial charge in [0.2, 0.25) is 0 Å². The van der Waals surface area contributed by atoms with Crippen LogP contribution in [0.15, 0.2) is 42.5 Å². The van der Waals surface area contributed by atoms with Gasteiger partial charge in [-0.05, 0) is 36.4 Å². The quantitative estimate of drug-likeness (QED) is 0.946. The molecule has 1 heterocycles. The standard InChI is InChI=1S/C17H18N2O3/c1-19(2)13-8-6-12(7-9-13)18-17(20)14-4-3-5-15-16(14)22-11-10-21-15/h3-9H,10-11H2,1-2H3,(H,18,20). The zero-order valence-corrected chi connectivity index (χ0v) is 12.6. The van der Waals surface area contributed by atoms with Gasteiger partial charge in [0.15, 0.2) is 11.5 Å². The molecule has 3 rings (SSSR count). The van der Waals surface area contributed by atoms with E-state index in [4.69, 9.17) is 9.47 Å². The fraction of sp³-hybridized carbons (Fsp3) is 0.235. The molecule has 0 saturated heterocycles. The Morgan fingerprint density at radius 2 is 1.77 bits per heavy atom. The van der Waals surface area contributed by atoms with Crippen LogP contribution in [0.5, 0.6) is 11.5 Å². The van der Waals surface area contributed by atoms with Crippen LogP contribution in [0, 0.1) is 0 Å². The summed E-state index contributed by atoms with van der Waals surface area (Å²) in [6.07, 6.45) is 0. The summed E-state index contributed by atoms with van der Waals surface area (Å²) in [5.41, 5.74) is 2.30. The monoisotopic (exact) mass is 298 g/mol. The fourth-order valence-electron chi connectivity index (χ4n) is 2.29. The molecule has 0 saturated carbocycles. The zero-order valence-electron chi connectivity index (χ0n) is 12.6. The van der Waals surface area contributed by atoms with Gasteiger partial charge in [0, 0.05) is 25.5 Å². The maximum atomic E-state index is 12.4. The molecule has 0 bridgehead atoms. The van der Waals surface area contributed by atoms with Crippen molar-refractivity contribution in [1.82, 2.24) is 0 Å². The van der Waals surface area contributed by atoms with Crippen LogP contribution in [0.2, 0.25) is 0 Å². The van der Waals surface area contributed by atoms with Crippen molar-refractivity contribution < 1.29 is 14.3 Å². The smallest absolute Gasteiger partial charge is 0.259 e. The van der Waals surface area contributed by atoms with E-state index in [0.717, 1.165) is 11.4 Å². The van der Waals surface area contributed by atoms with Crippen molar-refractivity contribution >= 4 is 17.3 Å². The highest BCUT2D eigenvalue weighted by Crippen LogP contribution is 2.34. The minimum absolute atomic E-state index is 0.208. The molecule has 0 aliphatic carbocycles. The fourth-order valence-corrected chi connectivity index (χ4v) is 2.29. The van der Waals surface area contributed by atoms with Gasteiger partial charge in [-0.15, -0.1) is 0 Å². The molecule has 5 heteroatoms. The second-order valence-corrected chi connectivity index (χ2v) is 5.23. The molecule has 0 fully saturated rings. The van der Waals surface area contributed by atoms with E-state index in [0.29, 0.717) is 30.3 Å². The first kappa shape index (κ1) is 14.3. The average molecular weight is 298 g/mol. The van der Waals surface area contributed by atoms with Gasteiger partial charge in [-0.1, -0.05) is 6.07 Å². The number of nitrogens with zero attached hydrogens (tertiary/aromatic N) is 1. The number of amides is 1. The van der Waals surface area contributed by atoms with Crippen LogP contribution in [0.25, 0.3) is 0 Å². The number of benzene rings is 2. The molecule has 22 heavy (non-hydrogen) atoms. The Morgan fingerprint density at radius 3 is 2.50 bits per heavy atom. The second-order valence-electron chi connectivity index (χ2n) is 5.23. The highest BCUT2D eigenvalue weighted by Gasteiger charge is 2.20. The molecule has 0 radical (unpaired) electrons. The first-order valence-electron chi connectivity index (χ1n) is 7.12. The molecule has 1 amide bonds. The number of fused-ring (bicyclic) bond motifs is 1. The van der Waals surface area contributed by atoms with Crippen LogP contribution in [0.4, 0.5) is 11.4 Å². The molecule has 1 aliphatic heterocycles. The minimum atomic E-state index is -0.208. The lowest BCUT2D eigenvalue weighted by atomic mass is 10.1. The minimum Gasteiger partial charge on any atom is -0.486 e. The molecule has 0 unspecified atom stereocenters. The maximum absolute atomic E-state index is 12.4. The number of anilines is 2. The number of nitrogens with one attached hydrogen (secondary N) is 1. The highest BCUT2D eigenvalue weighted by molar-refractivity contribution is 6.06. The van der Waals surface area contributed by atoms with Crippen molar-refractivity contribution in [3.63, 3.8) is 0 Å². The lowest BCUT2D eigenvalue weighted by Crippen LogP contribution is -2.20. The maximum Gasteiger partial charge on any atom is 0.259 e. The first-order chi connectivity index (χ1) is 10.6. The molecule has 5 nitrogen and oxygen atoms in total. The molecule has 2 aromatic carbocycles. The summed E-state index contributed by atoms with van der Waals surface area (Å²) >= 11 is 0. The van der Waals surface area contributed by atoms with Crippen LogP contribution in [-0.4, -0.2) is 33.2 Å². The first-order valence-corrected chi connectivity index (χ1v) is 7.12. The Labute approximate surface area is 129 Å². The molecule has 0 atom stereocenters. The average Bonchev–Trinajstić information content (AvgIpc) is 2.54. The topological polar surface area (TPSA) is 50.8 Å². The molecule has 2 aromatic rings. The molecule has 0 aromatic heterocycles. The Balaban J connectivity index is 1.80. The van der Waals surface area contributed by atoms with E-state index in [1.165, 1.54) is 0 Å². The van der Waals surface area contributed by atoms with Gasteiger partial charge < -0.3 is 19.7 Å². The van der Waals surface area contributed by atoms with Gasteiger partial charge in [0.1, 0.15) is 13.2 Å². The molecule has 114 valence electrons. The third-order valence-corrected chi connectivity index (χ3v) is 3.45. The Bertz CT molecular complexity index is 681. The van der Waals surface area contributed by atoms with Gasteiger partial charge in [0.25, 0.3) is 5.91 Å². The van der Waals surface area contributed by atoms with E-state index >= 15 is 0 Å². The summed E-state index contributed by atoms with van der Waals surface area (Å²) in [6, 6.07) is 13.0. The Hall–Kier alpha value is -2.69. The van der Waals surface area contributed by atoms with Gasteiger partial charge in [-0.25, -0.2) is 0 Å². The number of ether oxygens (including phenoxy) is 2. The van der Waals surface area contributed by atoms with Gasteiger partial charge in [-0.2, -0.15) is 0 Å². The normalized spacial score (nSPS) is 12.6. The summed E-state index contributed by atoms with van der Waals surface area (Å²) in [5.74, 6) is 0.915. The number of carbonyl (C=O) groups is 1. The van der Waals surface area contributed by atoms with Gasteiger partial charge in [-0.3, -0.25) is 4.79 Å². The van der Waals surface area contributed by atoms with E-state index in [1.807, 2.05) is 43.3 Å². The molecular formula is C17H18N2O3. The molecule has 0 spiro atoms. The van der Waals surface area contributed by atoms with Crippen LogP contribution >= 0.6 is 0 Å². The van der Waals surface area contributed by atoms with Crippen LogP contribution in [-0.2, 0) is 0 Å². The Morgan fingerprint density at radius 1 is 1.05 bits per heavy atom. The van der Waals surface area contributed by atoms with Gasteiger partial charge in [0.05, 0.1) is 5.56 Å². The summed E-state index contributed by atoms with van der Waals surface area (Å²) in [4.78, 5) is 14.5. The lowest BCUT2D eigenvalue weighted by molar-refractivity contribution is 0.101.